The molecular formula is C16H22N2O3. The Morgan fingerprint density at radius 1 is 1.38 bits per heavy atom. The number of carbonyl (C=O) groups excluding carboxylic acids is 2. The SMILES string of the molecule is CC(=O)c1cccc(NC(=O)CN(C)CC2CC(O)C2)c1. The Bertz CT molecular complexity index is 524. The molecule has 0 atom stereocenters. The van der Waals surface area contributed by atoms with Gasteiger partial charge in [-0.2, -0.15) is 0 Å². The maximum Gasteiger partial charge on any atom is 0.238 e. The summed E-state index contributed by atoms with van der Waals surface area (Å²) in [6.07, 6.45) is 1.49. The van der Waals surface area contributed by atoms with E-state index < -0.39 is 0 Å². The maximum absolute atomic E-state index is 12.0. The molecule has 0 bridgehead atoms. The van der Waals surface area contributed by atoms with Crippen LogP contribution in [0.15, 0.2) is 24.3 Å². The number of aliphatic hydroxyl groups excluding tert-OH is 1. The van der Waals surface area contributed by atoms with E-state index in [1.54, 1.807) is 24.3 Å². The number of benzene rings is 1. The molecule has 0 radical (unpaired) electrons. The van der Waals surface area contributed by atoms with Crippen molar-refractivity contribution in [1.82, 2.24) is 4.90 Å². The van der Waals surface area contributed by atoms with E-state index in [9.17, 15) is 14.7 Å². The Kier molecular flexibility index (Phi) is 5.09. The number of likely N-dealkylation sites (N-methyl/N-ethyl adjacent to an activating group) is 1. The smallest absolute Gasteiger partial charge is 0.238 e. The van der Waals surface area contributed by atoms with Gasteiger partial charge in [-0.25, -0.2) is 0 Å². The second-order valence-electron chi connectivity index (χ2n) is 5.87. The number of hydrogen-bond donors (Lipinski definition) is 2. The van der Waals surface area contributed by atoms with Crippen molar-refractivity contribution in [1.29, 1.82) is 0 Å². The van der Waals surface area contributed by atoms with Crippen LogP contribution in [-0.4, -0.2) is 47.9 Å². The molecule has 0 aliphatic heterocycles. The zero-order valence-corrected chi connectivity index (χ0v) is 12.5. The van der Waals surface area contributed by atoms with Crippen LogP contribution in [0.2, 0.25) is 0 Å². The zero-order valence-electron chi connectivity index (χ0n) is 12.5. The largest absolute Gasteiger partial charge is 0.393 e. The van der Waals surface area contributed by atoms with E-state index in [0.29, 0.717) is 23.7 Å². The van der Waals surface area contributed by atoms with E-state index in [2.05, 4.69) is 5.32 Å². The van der Waals surface area contributed by atoms with E-state index in [1.165, 1.54) is 6.92 Å². The molecule has 0 aromatic heterocycles. The summed E-state index contributed by atoms with van der Waals surface area (Å²) in [5.74, 6) is 0.365. The molecule has 1 saturated carbocycles. The molecule has 114 valence electrons. The first-order valence-electron chi connectivity index (χ1n) is 7.21. The van der Waals surface area contributed by atoms with E-state index >= 15 is 0 Å². The van der Waals surface area contributed by atoms with Gasteiger partial charge in [-0.15, -0.1) is 0 Å². The van der Waals surface area contributed by atoms with E-state index in [-0.39, 0.29) is 17.8 Å². The van der Waals surface area contributed by atoms with Crippen molar-refractivity contribution < 1.29 is 14.7 Å². The number of carbonyl (C=O) groups is 2. The highest BCUT2D eigenvalue weighted by molar-refractivity contribution is 5.97. The minimum absolute atomic E-state index is 0.0215. The summed E-state index contributed by atoms with van der Waals surface area (Å²) >= 11 is 0. The normalized spacial score (nSPS) is 21.0. The first-order valence-corrected chi connectivity index (χ1v) is 7.21. The fraction of sp³-hybridized carbons (Fsp3) is 0.500. The topological polar surface area (TPSA) is 69.6 Å². The first kappa shape index (κ1) is 15.7. The second-order valence-corrected chi connectivity index (χ2v) is 5.87. The molecule has 0 heterocycles. The van der Waals surface area contributed by atoms with Gasteiger partial charge in [-0.05, 0) is 44.9 Å². The van der Waals surface area contributed by atoms with Crippen molar-refractivity contribution in [3.05, 3.63) is 29.8 Å². The van der Waals surface area contributed by atoms with Gasteiger partial charge < -0.3 is 10.4 Å². The number of nitrogens with one attached hydrogen (secondary N) is 1. The predicted molar refractivity (Wildman–Crippen MR) is 81.3 cm³/mol. The van der Waals surface area contributed by atoms with Gasteiger partial charge in [0.1, 0.15) is 0 Å². The Hall–Kier alpha value is -1.72. The fourth-order valence-electron chi connectivity index (χ4n) is 2.62. The number of rotatable bonds is 6. The highest BCUT2D eigenvalue weighted by Crippen LogP contribution is 2.27. The van der Waals surface area contributed by atoms with Gasteiger partial charge in [0.05, 0.1) is 12.6 Å². The molecule has 0 unspecified atom stereocenters. The van der Waals surface area contributed by atoms with Gasteiger partial charge in [0.15, 0.2) is 5.78 Å². The molecule has 0 spiro atoms. The molecule has 1 fully saturated rings. The highest BCUT2D eigenvalue weighted by Gasteiger charge is 2.28. The predicted octanol–water partition coefficient (Wildman–Crippen LogP) is 1.53. The first-order chi connectivity index (χ1) is 9.94. The maximum atomic E-state index is 12.0. The summed E-state index contributed by atoms with van der Waals surface area (Å²) in [5.41, 5.74) is 1.23. The molecule has 2 rings (SSSR count). The molecule has 1 aliphatic rings. The minimum atomic E-state index is -0.161. The van der Waals surface area contributed by atoms with Gasteiger partial charge >= 0.3 is 0 Å². The lowest BCUT2D eigenvalue weighted by atomic mass is 9.82. The number of amides is 1. The van der Waals surface area contributed by atoms with E-state index in [1.807, 2.05) is 11.9 Å². The van der Waals surface area contributed by atoms with Crippen LogP contribution in [0, 0.1) is 5.92 Å². The number of nitrogens with zero attached hydrogens (tertiary/aromatic N) is 1. The Balaban J connectivity index is 1.81. The third kappa shape index (κ3) is 4.65. The molecule has 0 saturated heterocycles. The summed E-state index contributed by atoms with van der Waals surface area (Å²) in [6, 6.07) is 6.94. The Morgan fingerprint density at radius 3 is 2.71 bits per heavy atom. The van der Waals surface area contributed by atoms with Crippen LogP contribution in [-0.2, 0) is 4.79 Å². The van der Waals surface area contributed by atoms with Crippen LogP contribution in [0.3, 0.4) is 0 Å². The van der Waals surface area contributed by atoms with Crippen molar-refractivity contribution in [3.8, 4) is 0 Å². The molecule has 1 aromatic carbocycles. The highest BCUT2D eigenvalue weighted by atomic mass is 16.3. The lowest BCUT2D eigenvalue weighted by Gasteiger charge is -2.34. The fourth-order valence-corrected chi connectivity index (χ4v) is 2.62. The third-order valence-electron chi connectivity index (χ3n) is 3.75. The summed E-state index contributed by atoms with van der Waals surface area (Å²) in [5, 5.41) is 12.1. The number of hydrogen-bond acceptors (Lipinski definition) is 4. The molecule has 21 heavy (non-hydrogen) atoms. The summed E-state index contributed by atoms with van der Waals surface area (Å²) in [7, 11) is 1.90. The molecule has 5 nitrogen and oxygen atoms in total. The van der Waals surface area contributed by atoms with Crippen molar-refractivity contribution >= 4 is 17.4 Å². The van der Waals surface area contributed by atoms with Gasteiger partial charge in [-0.1, -0.05) is 12.1 Å². The average Bonchev–Trinajstić information content (AvgIpc) is 2.36. The lowest BCUT2D eigenvalue weighted by molar-refractivity contribution is -0.117. The quantitative estimate of drug-likeness (QED) is 0.780. The molecule has 5 heteroatoms. The molecule has 1 aliphatic carbocycles. The van der Waals surface area contributed by atoms with Crippen molar-refractivity contribution in [2.24, 2.45) is 5.92 Å². The van der Waals surface area contributed by atoms with Gasteiger partial charge in [-0.3, -0.25) is 14.5 Å². The number of aliphatic hydroxyl groups is 1. The van der Waals surface area contributed by atoms with Crippen LogP contribution in [0.5, 0.6) is 0 Å². The third-order valence-corrected chi connectivity index (χ3v) is 3.75. The van der Waals surface area contributed by atoms with Crippen LogP contribution in [0.1, 0.15) is 30.1 Å². The van der Waals surface area contributed by atoms with Gasteiger partial charge in [0.25, 0.3) is 0 Å². The lowest BCUT2D eigenvalue weighted by Crippen LogP contribution is -2.39. The Morgan fingerprint density at radius 2 is 2.10 bits per heavy atom. The molecule has 1 aromatic rings. The van der Waals surface area contributed by atoms with Crippen LogP contribution >= 0.6 is 0 Å². The van der Waals surface area contributed by atoms with Crippen LogP contribution in [0.25, 0.3) is 0 Å². The van der Waals surface area contributed by atoms with Gasteiger partial charge in [0, 0.05) is 17.8 Å². The number of ketones is 1. The molecule has 1 amide bonds. The van der Waals surface area contributed by atoms with Crippen molar-refractivity contribution in [2.75, 3.05) is 25.5 Å². The molecule has 2 N–H and O–H groups in total. The Labute approximate surface area is 125 Å². The van der Waals surface area contributed by atoms with Gasteiger partial charge in [0.2, 0.25) is 5.91 Å². The monoisotopic (exact) mass is 290 g/mol. The second kappa shape index (κ2) is 6.83. The van der Waals surface area contributed by atoms with Crippen molar-refractivity contribution in [2.45, 2.75) is 25.9 Å². The van der Waals surface area contributed by atoms with Crippen LogP contribution in [0.4, 0.5) is 5.69 Å². The van der Waals surface area contributed by atoms with Crippen molar-refractivity contribution in [3.63, 3.8) is 0 Å². The molecular weight excluding hydrogens is 268 g/mol. The van der Waals surface area contributed by atoms with Crippen LogP contribution < -0.4 is 5.32 Å². The summed E-state index contributed by atoms with van der Waals surface area (Å²) in [6.45, 7) is 2.62. The average molecular weight is 290 g/mol. The van der Waals surface area contributed by atoms with E-state index in [0.717, 1.165) is 19.4 Å². The van der Waals surface area contributed by atoms with E-state index in [4.69, 9.17) is 0 Å². The summed E-state index contributed by atoms with van der Waals surface area (Å²) < 4.78 is 0. The summed E-state index contributed by atoms with van der Waals surface area (Å²) in [4.78, 5) is 25.2. The number of Topliss-reactive ketones (excluding diaryl/α,β-unsaturated/α-hetero) is 1. The zero-order chi connectivity index (χ0) is 15.4. The minimum Gasteiger partial charge on any atom is -0.393 e. The standard InChI is InChI=1S/C16H22N2O3/c1-11(19)13-4-3-5-14(8-13)17-16(21)10-18(2)9-12-6-15(20)7-12/h3-5,8,12,15,20H,6-7,9-10H2,1-2H3,(H,17,21). The number of anilines is 1.